The molecule has 1 amide bonds. The van der Waals surface area contributed by atoms with Crippen molar-refractivity contribution in [1.82, 2.24) is 4.98 Å². The van der Waals surface area contributed by atoms with Gasteiger partial charge in [-0.2, -0.15) is 0 Å². The molecule has 0 saturated heterocycles. The average Bonchev–Trinajstić information content (AvgIpc) is 3.24. The molecule has 0 radical (unpaired) electrons. The highest BCUT2D eigenvalue weighted by Gasteiger charge is 2.17. The van der Waals surface area contributed by atoms with E-state index in [0.29, 0.717) is 28.5 Å². The average molecular weight is 449 g/mol. The number of methoxy groups -OCH3 is 1. The lowest BCUT2D eigenvalue weighted by Gasteiger charge is -2.08. The van der Waals surface area contributed by atoms with Crippen LogP contribution in [-0.2, 0) is 0 Å². The van der Waals surface area contributed by atoms with E-state index in [4.69, 9.17) is 9.15 Å². The number of nitrogens with one attached hydrogen (secondary N) is 1. The molecule has 0 fully saturated rings. The van der Waals surface area contributed by atoms with Crippen LogP contribution in [0.1, 0.15) is 10.4 Å². The Labute approximate surface area is 176 Å². The highest BCUT2D eigenvalue weighted by Crippen LogP contribution is 2.30. The minimum atomic E-state index is -0.236. The lowest BCUT2D eigenvalue weighted by molar-refractivity contribution is 0.102. The van der Waals surface area contributed by atoms with E-state index >= 15 is 0 Å². The number of anilines is 1. The number of halogens is 1. The fourth-order valence-corrected chi connectivity index (χ4v) is 3.34. The fraction of sp³-hybridized carbons (Fsp3) is 0.0435. The summed E-state index contributed by atoms with van der Waals surface area (Å²) in [5.41, 5.74) is 2.64. The van der Waals surface area contributed by atoms with Crippen molar-refractivity contribution in [1.29, 1.82) is 0 Å². The molecule has 3 aromatic carbocycles. The van der Waals surface area contributed by atoms with Gasteiger partial charge in [-0.3, -0.25) is 4.79 Å². The van der Waals surface area contributed by atoms with Crippen LogP contribution < -0.4 is 10.1 Å². The van der Waals surface area contributed by atoms with Crippen LogP contribution in [0.25, 0.3) is 22.8 Å². The molecule has 0 aliphatic rings. The van der Waals surface area contributed by atoms with Crippen molar-refractivity contribution in [3.63, 3.8) is 0 Å². The molecule has 4 aromatic rings. The fourth-order valence-electron chi connectivity index (χ4n) is 2.94. The monoisotopic (exact) mass is 448 g/mol. The first-order valence-corrected chi connectivity index (χ1v) is 9.70. The topological polar surface area (TPSA) is 64.4 Å². The van der Waals surface area contributed by atoms with E-state index in [1.54, 1.807) is 19.4 Å². The number of aromatic nitrogens is 1. The van der Waals surface area contributed by atoms with Gasteiger partial charge in [0.2, 0.25) is 5.89 Å². The first-order chi connectivity index (χ1) is 14.1. The summed E-state index contributed by atoms with van der Waals surface area (Å²) in [6.07, 6.45) is 1.65. The maximum Gasteiger partial charge on any atom is 0.256 e. The molecule has 0 saturated carbocycles. The predicted molar refractivity (Wildman–Crippen MR) is 116 cm³/mol. The zero-order valence-corrected chi connectivity index (χ0v) is 17.1. The number of oxazole rings is 1. The van der Waals surface area contributed by atoms with Crippen LogP contribution in [-0.4, -0.2) is 18.0 Å². The van der Waals surface area contributed by atoms with Crippen LogP contribution >= 0.6 is 15.9 Å². The molecule has 0 bridgehead atoms. The minimum absolute atomic E-state index is 0.236. The number of carbonyl (C=O) groups excluding carboxylic acids is 1. The first kappa shape index (κ1) is 19.0. The van der Waals surface area contributed by atoms with Gasteiger partial charge >= 0.3 is 0 Å². The van der Waals surface area contributed by atoms with E-state index in [2.05, 4.69) is 26.2 Å². The van der Waals surface area contributed by atoms with Crippen LogP contribution in [0.5, 0.6) is 5.75 Å². The molecule has 0 aliphatic heterocycles. The molecule has 4 rings (SSSR count). The van der Waals surface area contributed by atoms with Crippen molar-refractivity contribution in [2.75, 3.05) is 12.4 Å². The van der Waals surface area contributed by atoms with E-state index in [9.17, 15) is 4.79 Å². The molecule has 0 spiro atoms. The van der Waals surface area contributed by atoms with E-state index in [0.717, 1.165) is 15.8 Å². The van der Waals surface area contributed by atoms with Gasteiger partial charge in [0.05, 0.1) is 18.9 Å². The van der Waals surface area contributed by atoms with Gasteiger partial charge in [-0.1, -0.05) is 46.3 Å². The maximum absolute atomic E-state index is 12.9. The Hall–Kier alpha value is -3.38. The number of hydrogen-bond acceptors (Lipinski definition) is 4. The summed E-state index contributed by atoms with van der Waals surface area (Å²) >= 11 is 3.41. The molecule has 1 heterocycles. The van der Waals surface area contributed by atoms with Crippen molar-refractivity contribution >= 4 is 27.5 Å². The second-order valence-electron chi connectivity index (χ2n) is 6.27. The van der Waals surface area contributed by atoms with Gasteiger partial charge in [0.15, 0.2) is 5.76 Å². The zero-order valence-electron chi connectivity index (χ0n) is 15.6. The molecule has 6 heteroatoms. The normalized spacial score (nSPS) is 10.6. The number of hydrogen-bond donors (Lipinski definition) is 1. The van der Waals surface area contributed by atoms with E-state index in [-0.39, 0.29) is 5.91 Å². The smallest absolute Gasteiger partial charge is 0.256 e. The number of rotatable bonds is 5. The van der Waals surface area contributed by atoms with Crippen molar-refractivity contribution in [2.45, 2.75) is 0 Å². The predicted octanol–water partition coefficient (Wildman–Crippen LogP) is 6.03. The summed E-state index contributed by atoms with van der Waals surface area (Å²) in [5, 5.41) is 2.91. The van der Waals surface area contributed by atoms with Gasteiger partial charge in [-0.15, -0.1) is 0 Å². The summed E-state index contributed by atoms with van der Waals surface area (Å²) in [6, 6.07) is 22.2. The van der Waals surface area contributed by atoms with E-state index < -0.39 is 0 Å². The Bertz CT molecular complexity index is 1170. The van der Waals surface area contributed by atoms with Gasteiger partial charge in [0, 0.05) is 21.3 Å². The van der Waals surface area contributed by atoms with Crippen molar-refractivity contribution in [2.24, 2.45) is 0 Å². The Morgan fingerprint density at radius 2 is 1.86 bits per heavy atom. The second-order valence-corrected chi connectivity index (χ2v) is 7.19. The van der Waals surface area contributed by atoms with Gasteiger partial charge in [0.1, 0.15) is 5.75 Å². The van der Waals surface area contributed by atoms with Gasteiger partial charge in [-0.25, -0.2) is 4.98 Å². The quantitative estimate of drug-likeness (QED) is 0.404. The van der Waals surface area contributed by atoms with Crippen LogP contribution in [0, 0.1) is 0 Å². The Morgan fingerprint density at radius 1 is 1.03 bits per heavy atom. The summed E-state index contributed by atoms with van der Waals surface area (Å²) < 4.78 is 12.1. The minimum Gasteiger partial charge on any atom is -0.497 e. The Kier molecular flexibility index (Phi) is 5.44. The molecular weight excluding hydrogens is 432 g/mol. The number of carbonyl (C=O) groups is 1. The van der Waals surface area contributed by atoms with Crippen LogP contribution in [0.2, 0.25) is 0 Å². The third kappa shape index (κ3) is 4.22. The third-order valence-corrected chi connectivity index (χ3v) is 4.84. The summed E-state index contributed by atoms with van der Waals surface area (Å²) in [6.45, 7) is 0. The molecule has 0 aliphatic carbocycles. The number of amides is 1. The van der Waals surface area contributed by atoms with Gasteiger partial charge in [-0.05, 0) is 42.5 Å². The highest BCUT2D eigenvalue weighted by atomic mass is 79.9. The third-order valence-electron chi connectivity index (χ3n) is 4.34. The van der Waals surface area contributed by atoms with Crippen molar-refractivity contribution in [3.05, 3.63) is 89.0 Å². The molecule has 1 aromatic heterocycles. The van der Waals surface area contributed by atoms with E-state index in [1.807, 2.05) is 66.7 Å². The molecule has 1 N–H and O–H groups in total. The zero-order chi connectivity index (χ0) is 20.2. The van der Waals surface area contributed by atoms with Crippen molar-refractivity contribution in [3.8, 4) is 28.5 Å². The molecule has 29 heavy (non-hydrogen) atoms. The SMILES string of the molecule is COc1cccc(-c2cnc(-c3ccccc3C(=O)Nc3cccc(Br)c3)o2)c1. The molecule has 0 atom stereocenters. The summed E-state index contributed by atoms with van der Waals surface area (Å²) in [7, 11) is 1.62. The maximum atomic E-state index is 12.9. The largest absolute Gasteiger partial charge is 0.497 e. The lowest BCUT2D eigenvalue weighted by Crippen LogP contribution is -2.13. The van der Waals surface area contributed by atoms with Gasteiger partial charge < -0.3 is 14.5 Å². The highest BCUT2D eigenvalue weighted by molar-refractivity contribution is 9.10. The van der Waals surface area contributed by atoms with E-state index in [1.165, 1.54) is 0 Å². The molecule has 0 unspecified atom stereocenters. The molecular formula is C23H17BrN2O3. The second kappa shape index (κ2) is 8.32. The Balaban J connectivity index is 1.65. The van der Waals surface area contributed by atoms with Crippen LogP contribution in [0.4, 0.5) is 5.69 Å². The number of benzene rings is 3. The van der Waals surface area contributed by atoms with Crippen LogP contribution in [0.3, 0.4) is 0 Å². The Morgan fingerprint density at radius 3 is 2.69 bits per heavy atom. The number of nitrogens with zero attached hydrogens (tertiary/aromatic N) is 1. The first-order valence-electron chi connectivity index (χ1n) is 8.90. The standard InChI is InChI=1S/C23H17BrN2O3/c1-28-18-9-4-6-15(12-18)21-14-25-23(29-21)20-11-3-2-10-19(20)22(27)26-17-8-5-7-16(24)13-17/h2-14H,1H3,(H,26,27). The van der Waals surface area contributed by atoms with Gasteiger partial charge in [0.25, 0.3) is 5.91 Å². The summed E-state index contributed by atoms with van der Waals surface area (Å²) in [4.78, 5) is 17.3. The number of ether oxygens (including phenoxy) is 1. The molecule has 5 nitrogen and oxygen atoms in total. The summed E-state index contributed by atoms with van der Waals surface area (Å²) in [5.74, 6) is 1.47. The molecule has 144 valence electrons. The lowest BCUT2D eigenvalue weighted by atomic mass is 10.1. The van der Waals surface area contributed by atoms with Crippen LogP contribution in [0.15, 0.2) is 87.9 Å². The van der Waals surface area contributed by atoms with Crippen molar-refractivity contribution < 1.29 is 13.9 Å².